The number of amides is 1. The molecule has 0 heterocycles. The van der Waals surface area contributed by atoms with Crippen molar-refractivity contribution in [3.63, 3.8) is 0 Å². The Morgan fingerprint density at radius 1 is 0.409 bits per heavy atom. The van der Waals surface area contributed by atoms with Gasteiger partial charge in [-0.15, -0.1) is 0 Å². The van der Waals surface area contributed by atoms with E-state index in [1.807, 2.05) is 6.08 Å². The fourth-order valence-electron chi connectivity index (χ4n) is 9.46. The minimum atomic E-state index is -0.849. The molecule has 2 atom stereocenters. The molecule has 0 radical (unpaired) electrons. The average molecular weight is 933 g/mol. The molecule has 0 saturated carbocycles. The van der Waals surface area contributed by atoms with Crippen LogP contribution in [0.1, 0.15) is 335 Å². The summed E-state index contributed by atoms with van der Waals surface area (Å²) in [7, 11) is 0. The Morgan fingerprint density at radius 3 is 1.03 bits per heavy atom. The SMILES string of the molecule is CCCCCCCCCCCCCCCCC/C=C/C(O)C(CO)NC(=O)CCCCCCCCCCCCCCCCCOC(=O)CCCCCCCCCCCCCCCCCCC. The Kier molecular flexibility index (Phi) is 55.0. The van der Waals surface area contributed by atoms with Gasteiger partial charge in [-0.2, -0.15) is 0 Å². The highest BCUT2D eigenvalue weighted by Gasteiger charge is 2.18. The Morgan fingerprint density at radius 2 is 0.697 bits per heavy atom. The summed E-state index contributed by atoms with van der Waals surface area (Å²) in [4.78, 5) is 24.5. The van der Waals surface area contributed by atoms with E-state index in [0.717, 1.165) is 44.9 Å². The number of aliphatic hydroxyl groups excluding tert-OH is 2. The van der Waals surface area contributed by atoms with E-state index in [4.69, 9.17) is 4.74 Å². The van der Waals surface area contributed by atoms with E-state index in [9.17, 15) is 19.8 Å². The van der Waals surface area contributed by atoms with E-state index in [-0.39, 0.29) is 18.5 Å². The first kappa shape index (κ1) is 64.6. The molecule has 3 N–H and O–H groups in total. The van der Waals surface area contributed by atoms with Gasteiger partial charge in [0, 0.05) is 12.8 Å². The van der Waals surface area contributed by atoms with Crippen molar-refractivity contribution in [3.8, 4) is 0 Å². The summed E-state index contributed by atoms with van der Waals surface area (Å²) in [5.74, 6) is -0.0693. The van der Waals surface area contributed by atoms with Crippen molar-refractivity contribution in [2.45, 2.75) is 347 Å². The van der Waals surface area contributed by atoms with E-state index >= 15 is 0 Å². The van der Waals surface area contributed by atoms with Gasteiger partial charge in [0.25, 0.3) is 0 Å². The van der Waals surface area contributed by atoms with Crippen molar-refractivity contribution in [3.05, 3.63) is 12.2 Å². The molecule has 0 aromatic rings. The van der Waals surface area contributed by atoms with Crippen molar-refractivity contribution in [2.24, 2.45) is 0 Å². The largest absolute Gasteiger partial charge is 0.466 e. The van der Waals surface area contributed by atoms with Crippen LogP contribution in [0.2, 0.25) is 0 Å². The third kappa shape index (κ3) is 52.0. The van der Waals surface area contributed by atoms with E-state index in [2.05, 4.69) is 19.2 Å². The van der Waals surface area contributed by atoms with Gasteiger partial charge in [-0.3, -0.25) is 9.59 Å². The minimum Gasteiger partial charge on any atom is -0.466 e. The van der Waals surface area contributed by atoms with Crippen LogP contribution < -0.4 is 5.32 Å². The van der Waals surface area contributed by atoms with E-state index in [1.165, 1.54) is 263 Å². The molecular formula is C60H117NO5. The van der Waals surface area contributed by atoms with Crippen molar-refractivity contribution < 1.29 is 24.5 Å². The molecule has 0 aliphatic heterocycles. The second-order valence-corrected chi connectivity index (χ2v) is 20.7. The summed E-state index contributed by atoms with van der Waals surface area (Å²) >= 11 is 0. The number of unbranched alkanes of at least 4 members (excludes halogenated alkanes) is 45. The number of carbonyl (C=O) groups is 2. The maximum Gasteiger partial charge on any atom is 0.305 e. The molecule has 6 nitrogen and oxygen atoms in total. The number of hydrogen-bond donors (Lipinski definition) is 3. The summed E-state index contributed by atoms with van der Waals surface area (Å²) in [6.45, 7) is 4.92. The molecule has 0 fully saturated rings. The topological polar surface area (TPSA) is 95.9 Å². The molecule has 0 spiro atoms. The maximum absolute atomic E-state index is 12.5. The zero-order valence-corrected chi connectivity index (χ0v) is 44.7. The van der Waals surface area contributed by atoms with Crippen LogP contribution in [0.15, 0.2) is 12.2 Å². The van der Waals surface area contributed by atoms with Crippen LogP contribution >= 0.6 is 0 Å². The number of hydrogen-bond acceptors (Lipinski definition) is 5. The summed E-state index contributed by atoms with van der Waals surface area (Å²) in [5, 5.41) is 23.1. The maximum atomic E-state index is 12.5. The molecule has 0 aromatic carbocycles. The standard InChI is InChI=1S/C60H117NO5/c1-3-5-7-9-11-13-15-17-19-21-24-28-32-36-40-44-48-52-58(63)57(56-62)61-59(64)53-49-45-41-37-33-29-25-23-27-31-35-39-43-47-51-55-66-60(65)54-50-46-42-38-34-30-26-22-20-18-16-14-12-10-8-6-4-2/h48,52,57-58,62-63H,3-47,49-51,53-56H2,1-2H3,(H,61,64)/b52-48+. The summed E-state index contributed by atoms with van der Waals surface area (Å²) in [5.41, 5.74) is 0. The predicted octanol–water partition coefficient (Wildman–Crippen LogP) is 18.5. The van der Waals surface area contributed by atoms with Gasteiger partial charge < -0.3 is 20.3 Å². The predicted molar refractivity (Wildman–Crippen MR) is 287 cm³/mol. The molecule has 6 heteroatoms. The van der Waals surface area contributed by atoms with Crippen molar-refractivity contribution >= 4 is 11.9 Å². The summed E-state index contributed by atoms with van der Waals surface area (Å²) < 4.78 is 5.49. The van der Waals surface area contributed by atoms with Gasteiger partial charge in [0.05, 0.1) is 25.4 Å². The van der Waals surface area contributed by atoms with Crippen LogP contribution in [-0.4, -0.2) is 47.4 Å². The molecule has 392 valence electrons. The number of rotatable bonds is 56. The van der Waals surface area contributed by atoms with Crippen LogP contribution in [-0.2, 0) is 14.3 Å². The van der Waals surface area contributed by atoms with Crippen LogP contribution in [0, 0.1) is 0 Å². The smallest absolute Gasteiger partial charge is 0.305 e. The Hall–Kier alpha value is -1.40. The first-order valence-electron chi connectivity index (χ1n) is 30.0. The Bertz CT molecular complexity index is 986. The molecule has 0 rings (SSSR count). The second kappa shape index (κ2) is 56.2. The molecule has 0 aliphatic carbocycles. The lowest BCUT2D eigenvalue weighted by Crippen LogP contribution is -2.45. The van der Waals surface area contributed by atoms with Crippen molar-refractivity contribution in [1.82, 2.24) is 5.32 Å². The highest BCUT2D eigenvalue weighted by atomic mass is 16.5. The third-order valence-electron chi connectivity index (χ3n) is 14.1. The lowest BCUT2D eigenvalue weighted by atomic mass is 10.0. The quantitative estimate of drug-likeness (QED) is 0.0321. The molecule has 0 aliphatic rings. The van der Waals surface area contributed by atoms with Crippen LogP contribution in [0.5, 0.6) is 0 Å². The average Bonchev–Trinajstić information content (AvgIpc) is 3.32. The second-order valence-electron chi connectivity index (χ2n) is 20.7. The van der Waals surface area contributed by atoms with Crippen LogP contribution in [0.3, 0.4) is 0 Å². The van der Waals surface area contributed by atoms with Gasteiger partial charge in [-0.1, -0.05) is 302 Å². The number of ether oxygens (including phenoxy) is 1. The van der Waals surface area contributed by atoms with E-state index in [0.29, 0.717) is 19.4 Å². The molecule has 1 amide bonds. The Labute approximate surface area is 412 Å². The molecule has 0 saturated heterocycles. The number of carbonyl (C=O) groups excluding carboxylic acids is 2. The fourth-order valence-corrected chi connectivity index (χ4v) is 9.46. The monoisotopic (exact) mass is 932 g/mol. The highest BCUT2D eigenvalue weighted by Crippen LogP contribution is 2.18. The lowest BCUT2D eigenvalue weighted by Gasteiger charge is -2.20. The molecular weight excluding hydrogens is 815 g/mol. The van der Waals surface area contributed by atoms with Gasteiger partial charge >= 0.3 is 5.97 Å². The highest BCUT2D eigenvalue weighted by molar-refractivity contribution is 5.76. The number of nitrogens with one attached hydrogen (secondary N) is 1. The van der Waals surface area contributed by atoms with Crippen molar-refractivity contribution in [2.75, 3.05) is 13.2 Å². The number of esters is 1. The first-order valence-corrected chi connectivity index (χ1v) is 30.0. The van der Waals surface area contributed by atoms with Gasteiger partial charge in [-0.05, 0) is 32.1 Å². The van der Waals surface area contributed by atoms with Crippen LogP contribution in [0.25, 0.3) is 0 Å². The first-order chi connectivity index (χ1) is 32.5. The van der Waals surface area contributed by atoms with Gasteiger partial charge in [0.1, 0.15) is 0 Å². The number of allylic oxidation sites excluding steroid dienone is 1. The zero-order chi connectivity index (χ0) is 47.9. The molecule has 0 bridgehead atoms. The van der Waals surface area contributed by atoms with Gasteiger partial charge in [-0.25, -0.2) is 0 Å². The van der Waals surface area contributed by atoms with Gasteiger partial charge in [0.2, 0.25) is 5.91 Å². The molecule has 2 unspecified atom stereocenters. The van der Waals surface area contributed by atoms with Crippen LogP contribution in [0.4, 0.5) is 0 Å². The lowest BCUT2D eigenvalue weighted by molar-refractivity contribution is -0.143. The normalized spacial score (nSPS) is 12.6. The van der Waals surface area contributed by atoms with Gasteiger partial charge in [0.15, 0.2) is 0 Å². The van der Waals surface area contributed by atoms with E-state index < -0.39 is 12.1 Å². The minimum absolute atomic E-state index is 0.00421. The summed E-state index contributed by atoms with van der Waals surface area (Å²) in [6.07, 6.45) is 66.6. The van der Waals surface area contributed by atoms with Crippen molar-refractivity contribution in [1.29, 1.82) is 0 Å². The fraction of sp³-hybridized carbons (Fsp3) is 0.933. The third-order valence-corrected chi connectivity index (χ3v) is 14.1. The Balaban J connectivity index is 3.43. The summed E-state index contributed by atoms with van der Waals surface area (Å²) in [6, 6.07) is -0.633. The number of aliphatic hydroxyl groups is 2. The van der Waals surface area contributed by atoms with E-state index in [1.54, 1.807) is 6.08 Å². The molecule has 66 heavy (non-hydrogen) atoms. The zero-order valence-electron chi connectivity index (χ0n) is 44.7. The molecule has 0 aromatic heterocycles.